The number of likely N-dealkylation sites (tertiary alicyclic amines) is 1. The second-order valence-corrected chi connectivity index (χ2v) is 6.46. The lowest BCUT2D eigenvalue weighted by atomic mass is 10.1. The van der Waals surface area contributed by atoms with E-state index in [0.717, 1.165) is 26.1 Å². The van der Waals surface area contributed by atoms with Crippen molar-refractivity contribution in [3.63, 3.8) is 0 Å². The van der Waals surface area contributed by atoms with Crippen LogP contribution in [-0.4, -0.2) is 60.5 Å². The highest BCUT2D eigenvalue weighted by atomic mass is 32.2. The predicted octanol–water partition coefficient (Wildman–Crippen LogP) is 1.91. The molecule has 19 heavy (non-hydrogen) atoms. The molecule has 0 aliphatic carbocycles. The molecule has 3 nitrogen and oxygen atoms in total. The molecule has 1 heterocycles. The van der Waals surface area contributed by atoms with Crippen LogP contribution in [0.25, 0.3) is 0 Å². The van der Waals surface area contributed by atoms with Gasteiger partial charge in [0.2, 0.25) is 0 Å². The highest BCUT2D eigenvalue weighted by molar-refractivity contribution is 7.98. The molecule has 0 spiro atoms. The number of hydrogen-bond donors (Lipinski definition) is 1. The Balaban J connectivity index is 1.99. The summed E-state index contributed by atoms with van der Waals surface area (Å²) in [6.45, 7) is 2.74. The van der Waals surface area contributed by atoms with E-state index in [-0.39, 0.29) is 6.10 Å². The van der Waals surface area contributed by atoms with Crippen molar-refractivity contribution in [3.05, 3.63) is 29.8 Å². The molecule has 4 heteroatoms. The number of likely N-dealkylation sites (N-methyl/N-ethyl adjacent to an activating group) is 1. The zero-order valence-corrected chi connectivity index (χ0v) is 12.9. The molecule has 2 unspecified atom stereocenters. The van der Waals surface area contributed by atoms with Gasteiger partial charge in [0.05, 0.1) is 6.10 Å². The molecule has 1 N–H and O–H groups in total. The summed E-state index contributed by atoms with van der Waals surface area (Å²) >= 11 is 1.77. The maximum absolute atomic E-state index is 9.88. The number of hydrogen-bond acceptors (Lipinski definition) is 4. The normalized spacial score (nSPS) is 24.3. The molecule has 0 aromatic heterocycles. The Labute approximate surface area is 120 Å². The second-order valence-electron chi connectivity index (χ2n) is 5.58. The van der Waals surface area contributed by atoms with Gasteiger partial charge in [-0.05, 0) is 44.5 Å². The van der Waals surface area contributed by atoms with Crippen LogP contribution in [-0.2, 0) is 6.54 Å². The third kappa shape index (κ3) is 4.21. The second kappa shape index (κ2) is 6.75. The van der Waals surface area contributed by atoms with Gasteiger partial charge in [-0.1, -0.05) is 12.1 Å². The number of thioether (sulfide) groups is 1. The molecule has 2 atom stereocenters. The Morgan fingerprint density at radius 3 is 2.58 bits per heavy atom. The van der Waals surface area contributed by atoms with Crippen molar-refractivity contribution in [3.8, 4) is 0 Å². The first kappa shape index (κ1) is 14.9. The quantitative estimate of drug-likeness (QED) is 0.834. The molecule has 1 aromatic carbocycles. The first-order valence-corrected chi connectivity index (χ1v) is 8.00. The van der Waals surface area contributed by atoms with Crippen LogP contribution < -0.4 is 0 Å². The Morgan fingerprint density at radius 1 is 1.32 bits per heavy atom. The van der Waals surface area contributed by atoms with Crippen LogP contribution in [0.1, 0.15) is 12.0 Å². The van der Waals surface area contributed by atoms with Crippen molar-refractivity contribution < 1.29 is 5.11 Å². The fraction of sp³-hybridized carbons (Fsp3) is 0.600. The molecule has 1 fully saturated rings. The van der Waals surface area contributed by atoms with E-state index in [1.807, 2.05) is 0 Å². The number of aliphatic hydroxyl groups is 1. The van der Waals surface area contributed by atoms with E-state index in [0.29, 0.717) is 6.04 Å². The van der Waals surface area contributed by atoms with Crippen LogP contribution in [0.2, 0.25) is 0 Å². The predicted molar refractivity (Wildman–Crippen MR) is 81.6 cm³/mol. The highest BCUT2D eigenvalue weighted by Gasteiger charge is 2.30. The fourth-order valence-corrected chi connectivity index (χ4v) is 3.14. The molecule has 1 aromatic rings. The lowest BCUT2D eigenvalue weighted by molar-refractivity contribution is 0.169. The molecular weight excluding hydrogens is 256 g/mol. The third-order valence-corrected chi connectivity index (χ3v) is 4.37. The largest absolute Gasteiger partial charge is 0.392 e. The lowest BCUT2D eigenvalue weighted by Crippen LogP contribution is -2.37. The summed E-state index contributed by atoms with van der Waals surface area (Å²) in [6.07, 6.45) is 2.82. The minimum Gasteiger partial charge on any atom is -0.392 e. The maximum atomic E-state index is 9.88. The average Bonchev–Trinajstić information content (AvgIpc) is 2.69. The van der Waals surface area contributed by atoms with Gasteiger partial charge in [0.15, 0.2) is 0 Å². The average molecular weight is 280 g/mol. The summed E-state index contributed by atoms with van der Waals surface area (Å²) in [5, 5.41) is 9.88. The third-order valence-electron chi connectivity index (χ3n) is 3.63. The Morgan fingerprint density at radius 2 is 2.00 bits per heavy atom. The standard InChI is InChI=1S/C15H24N2OS/c1-16(2)10-13-8-14(18)11-17(13)9-12-4-6-15(19-3)7-5-12/h4-7,13-14,18H,8-11H2,1-3H3. The molecule has 1 saturated heterocycles. The van der Waals surface area contributed by atoms with E-state index in [9.17, 15) is 5.11 Å². The van der Waals surface area contributed by atoms with Gasteiger partial charge in [0, 0.05) is 30.6 Å². The molecule has 2 rings (SSSR count). The maximum Gasteiger partial charge on any atom is 0.0682 e. The molecular formula is C15H24N2OS. The van der Waals surface area contributed by atoms with Crippen molar-refractivity contribution in [1.29, 1.82) is 0 Å². The zero-order chi connectivity index (χ0) is 13.8. The van der Waals surface area contributed by atoms with E-state index < -0.39 is 0 Å². The Bertz CT molecular complexity index is 394. The number of nitrogens with zero attached hydrogens (tertiary/aromatic N) is 2. The first-order chi connectivity index (χ1) is 9.08. The summed E-state index contributed by atoms with van der Waals surface area (Å²) in [5.74, 6) is 0. The molecule has 0 saturated carbocycles. The lowest BCUT2D eigenvalue weighted by Gasteiger charge is -2.26. The van der Waals surface area contributed by atoms with Gasteiger partial charge in [0.1, 0.15) is 0 Å². The van der Waals surface area contributed by atoms with E-state index in [1.54, 1.807) is 11.8 Å². The topological polar surface area (TPSA) is 26.7 Å². The van der Waals surface area contributed by atoms with Crippen LogP contribution in [0.5, 0.6) is 0 Å². The summed E-state index contributed by atoms with van der Waals surface area (Å²) in [6, 6.07) is 9.21. The van der Waals surface area contributed by atoms with E-state index in [1.165, 1.54) is 10.5 Å². The van der Waals surface area contributed by atoms with Crippen LogP contribution in [0.3, 0.4) is 0 Å². The number of benzene rings is 1. The van der Waals surface area contributed by atoms with Crippen molar-refractivity contribution in [2.75, 3.05) is 33.4 Å². The van der Waals surface area contributed by atoms with Crippen molar-refractivity contribution in [2.45, 2.75) is 30.0 Å². The van der Waals surface area contributed by atoms with Gasteiger partial charge in [-0.15, -0.1) is 11.8 Å². The van der Waals surface area contributed by atoms with E-state index >= 15 is 0 Å². The Kier molecular flexibility index (Phi) is 5.28. The van der Waals surface area contributed by atoms with Crippen molar-refractivity contribution in [2.24, 2.45) is 0 Å². The minimum absolute atomic E-state index is 0.171. The molecule has 1 aliphatic rings. The van der Waals surface area contributed by atoms with Gasteiger partial charge >= 0.3 is 0 Å². The smallest absolute Gasteiger partial charge is 0.0682 e. The number of rotatable bonds is 5. The summed E-state index contributed by atoms with van der Waals surface area (Å²) < 4.78 is 0. The number of aliphatic hydroxyl groups excluding tert-OH is 1. The minimum atomic E-state index is -0.171. The first-order valence-electron chi connectivity index (χ1n) is 6.78. The summed E-state index contributed by atoms with van der Waals surface area (Å²) in [5.41, 5.74) is 1.33. The van der Waals surface area contributed by atoms with Crippen LogP contribution in [0.15, 0.2) is 29.2 Å². The fourth-order valence-electron chi connectivity index (χ4n) is 2.73. The van der Waals surface area contributed by atoms with Crippen molar-refractivity contribution >= 4 is 11.8 Å². The van der Waals surface area contributed by atoms with Gasteiger partial charge in [-0.25, -0.2) is 0 Å². The molecule has 0 amide bonds. The summed E-state index contributed by atoms with van der Waals surface area (Å²) in [4.78, 5) is 5.90. The van der Waals surface area contributed by atoms with E-state index in [4.69, 9.17) is 0 Å². The monoisotopic (exact) mass is 280 g/mol. The zero-order valence-electron chi connectivity index (χ0n) is 12.0. The molecule has 1 aliphatic heterocycles. The van der Waals surface area contributed by atoms with Crippen molar-refractivity contribution in [1.82, 2.24) is 9.80 Å². The summed E-state index contributed by atoms with van der Waals surface area (Å²) in [7, 11) is 4.19. The SMILES string of the molecule is CSc1ccc(CN2CC(O)CC2CN(C)C)cc1. The molecule has 0 bridgehead atoms. The van der Waals surface area contributed by atoms with Crippen LogP contribution in [0, 0.1) is 0 Å². The number of β-amino-alcohol motifs (C(OH)–C–C–N with tert-alkyl or cyclic N) is 1. The Hall–Kier alpha value is -0.550. The van der Waals surface area contributed by atoms with Gasteiger partial charge in [0.25, 0.3) is 0 Å². The molecule has 0 radical (unpaired) electrons. The molecule has 106 valence electrons. The highest BCUT2D eigenvalue weighted by Crippen LogP contribution is 2.22. The van der Waals surface area contributed by atoms with Gasteiger partial charge in [-0.3, -0.25) is 4.90 Å². The van der Waals surface area contributed by atoms with Gasteiger partial charge < -0.3 is 10.0 Å². The van der Waals surface area contributed by atoms with Gasteiger partial charge in [-0.2, -0.15) is 0 Å². The van der Waals surface area contributed by atoms with Crippen LogP contribution >= 0.6 is 11.8 Å². The van der Waals surface area contributed by atoms with Crippen LogP contribution in [0.4, 0.5) is 0 Å². The van der Waals surface area contributed by atoms with E-state index in [2.05, 4.69) is 54.4 Å².